The third-order valence-corrected chi connectivity index (χ3v) is 4.86. The van der Waals surface area contributed by atoms with Gasteiger partial charge in [0.2, 0.25) is 5.91 Å². The van der Waals surface area contributed by atoms with Gasteiger partial charge in [-0.2, -0.15) is 0 Å². The second-order valence-electron chi connectivity index (χ2n) is 5.60. The van der Waals surface area contributed by atoms with Crippen molar-refractivity contribution in [1.29, 1.82) is 0 Å². The van der Waals surface area contributed by atoms with Crippen LogP contribution in [0.3, 0.4) is 0 Å². The zero-order valence-corrected chi connectivity index (χ0v) is 16.0. The van der Waals surface area contributed by atoms with Crippen molar-refractivity contribution in [2.75, 3.05) is 18.2 Å². The molecule has 0 atom stereocenters. The molecule has 0 bridgehead atoms. The molecule has 0 radical (unpaired) electrons. The summed E-state index contributed by atoms with van der Waals surface area (Å²) in [5.74, 6) is 0.627. The number of hydrogen-bond acceptors (Lipinski definition) is 4. The number of imidazole rings is 1. The maximum Gasteiger partial charge on any atom is 0.234 e. The zero-order valence-electron chi connectivity index (χ0n) is 14.4. The Bertz CT molecular complexity index is 927. The number of thioether (sulfide) groups is 1. The molecule has 0 unspecified atom stereocenters. The van der Waals surface area contributed by atoms with Gasteiger partial charge in [0.05, 0.1) is 18.6 Å². The van der Waals surface area contributed by atoms with Crippen LogP contribution in [0.25, 0.3) is 5.69 Å². The molecule has 134 valence electrons. The van der Waals surface area contributed by atoms with Crippen LogP contribution in [0.5, 0.6) is 5.75 Å². The number of nitrogens with zero attached hydrogens (tertiary/aromatic N) is 2. The van der Waals surface area contributed by atoms with E-state index < -0.39 is 0 Å². The van der Waals surface area contributed by atoms with Crippen molar-refractivity contribution in [3.8, 4) is 11.4 Å². The van der Waals surface area contributed by atoms with Gasteiger partial charge in [0.25, 0.3) is 0 Å². The Kier molecular flexibility index (Phi) is 5.85. The maximum atomic E-state index is 12.3. The Hall–Kier alpha value is -2.44. The summed E-state index contributed by atoms with van der Waals surface area (Å²) < 4.78 is 7.21. The van der Waals surface area contributed by atoms with E-state index in [1.807, 2.05) is 35.9 Å². The minimum Gasteiger partial charge on any atom is -0.495 e. The van der Waals surface area contributed by atoms with E-state index in [2.05, 4.69) is 16.4 Å². The van der Waals surface area contributed by atoms with Crippen molar-refractivity contribution in [2.24, 2.45) is 0 Å². The van der Waals surface area contributed by atoms with Crippen LogP contribution < -0.4 is 10.1 Å². The van der Waals surface area contributed by atoms with Crippen molar-refractivity contribution in [2.45, 2.75) is 12.1 Å². The Balaban J connectivity index is 1.68. The molecule has 26 heavy (non-hydrogen) atoms. The van der Waals surface area contributed by atoms with E-state index in [1.165, 1.54) is 11.8 Å². The number of benzene rings is 2. The smallest absolute Gasteiger partial charge is 0.234 e. The van der Waals surface area contributed by atoms with Crippen LogP contribution in [0.4, 0.5) is 5.69 Å². The molecule has 0 fully saturated rings. The van der Waals surface area contributed by atoms with Gasteiger partial charge < -0.3 is 10.1 Å². The van der Waals surface area contributed by atoms with E-state index in [0.717, 1.165) is 16.4 Å². The summed E-state index contributed by atoms with van der Waals surface area (Å²) in [6.45, 7) is 2.04. The van der Waals surface area contributed by atoms with Gasteiger partial charge in [-0.15, -0.1) is 0 Å². The molecule has 0 saturated heterocycles. The molecule has 1 heterocycles. The molecular formula is C19H18ClN3O2S. The van der Waals surface area contributed by atoms with Crippen LogP contribution >= 0.6 is 23.4 Å². The molecule has 1 amide bonds. The van der Waals surface area contributed by atoms with E-state index in [-0.39, 0.29) is 11.7 Å². The number of aryl methyl sites for hydroxylation is 1. The van der Waals surface area contributed by atoms with E-state index in [9.17, 15) is 4.79 Å². The van der Waals surface area contributed by atoms with Crippen molar-refractivity contribution < 1.29 is 9.53 Å². The summed E-state index contributed by atoms with van der Waals surface area (Å²) >= 11 is 7.36. The quantitative estimate of drug-likeness (QED) is 0.629. The normalized spacial score (nSPS) is 10.6. The maximum absolute atomic E-state index is 12.3. The minimum absolute atomic E-state index is 0.158. The molecule has 2 aromatic carbocycles. The highest BCUT2D eigenvalue weighted by Crippen LogP contribution is 2.28. The topological polar surface area (TPSA) is 56.1 Å². The Morgan fingerprint density at radius 2 is 2.15 bits per heavy atom. The summed E-state index contributed by atoms with van der Waals surface area (Å²) in [6, 6.07) is 13.2. The number of halogens is 1. The Morgan fingerprint density at radius 1 is 1.31 bits per heavy atom. The molecule has 5 nitrogen and oxygen atoms in total. The van der Waals surface area contributed by atoms with E-state index in [0.29, 0.717) is 16.5 Å². The number of nitrogens with one attached hydrogen (secondary N) is 1. The minimum atomic E-state index is -0.158. The predicted molar refractivity (Wildman–Crippen MR) is 106 cm³/mol. The van der Waals surface area contributed by atoms with Gasteiger partial charge in [-0.25, -0.2) is 4.98 Å². The summed E-state index contributed by atoms with van der Waals surface area (Å²) in [6.07, 6.45) is 3.61. The third kappa shape index (κ3) is 4.39. The standard InChI is InChI=1S/C19H18ClN3O2S/c1-13-4-3-5-15(10-13)23-9-8-21-19(23)26-12-18(24)22-16-11-14(20)6-7-17(16)25-2/h3-11H,12H2,1-2H3,(H,22,24). The van der Waals surface area contributed by atoms with Crippen LogP contribution in [0, 0.1) is 6.92 Å². The number of amides is 1. The van der Waals surface area contributed by atoms with Crippen LogP contribution in [0.15, 0.2) is 60.0 Å². The number of ether oxygens (including phenoxy) is 1. The average Bonchev–Trinajstić information content (AvgIpc) is 3.09. The molecular weight excluding hydrogens is 370 g/mol. The first-order chi connectivity index (χ1) is 12.6. The number of rotatable bonds is 6. The molecule has 0 aliphatic carbocycles. The first kappa shape index (κ1) is 18.4. The fourth-order valence-corrected chi connectivity index (χ4v) is 3.41. The van der Waals surface area contributed by atoms with Gasteiger partial charge in [-0.1, -0.05) is 35.5 Å². The van der Waals surface area contributed by atoms with Crippen molar-refractivity contribution in [3.05, 3.63) is 65.4 Å². The second-order valence-corrected chi connectivity index (χ2v) is 6.98. The molecule has 0 spiro atoms. The SMILES string of the molecule is COc1ccc(Cl)cc1NC(=O)CSc1nccn1-c1cccc(C)c1. The van der Waals surface area contributed by atoms with E-state index in [1.54, 1.807) is 31.5 Å². The van der Waals surface area contributed by atoms with Gasteiger partial charge in [0.1, 0.15) is 5.75 Å². The Labute approximate surface area is 161 Å². The third-order valence-electron chi connectivity index (χ3n) is 3.65. The highest BCUT2D eigenvalue weighted by Gasteiger charge is 2.12. The number of carbonyl (C=O) groups excluding carboxylic acids is 1. The molecule has 0 aliphatic heterocycles. The average molecular weight is 388 g/mol. The van der Waals surface area contributed by atoms with Crippen LogP contribution in [-0.4, -0.2) is 28.3 Å². The van der Waals surface area contributed by atoms with Crippen LogP contribution in [0.1, 0.15) is 5.56 Å². The lowest BCUT2D eigenvalue weighted by Crippen LogP contribution is -2.15. The number of aromatic nitrogens is 2. The zero-order chi connectivity index (χ0) is 18.5. The molecule has 7 heteroatoms. The van der Waals surface area contributed by atoms with Gasteiger partial charge in [0.15, 0.2) is 5.16 Å². The van der Waals surface area contributed by atoms with Crippen molar-refractivity contribution in [3.63, 3.8) is 0 Å². The fourth-order valence-electron chi connectivity index (χ4n) is 2.47. The van der Waals surface area contributed by atoms with Crippen LogP contribution in [0.2, 0.25) is 5.02 Å². The monoisotopic (exact) mass is 387 g/mol. The molecule has 3 rings (SSSR count). The summed E-state index contributed by atoms with van der Waals surface area (Å²) in [5.41, 5.74) is 2.73. The molecule has 0 saturated carbocycles. The van der Waals surface area contributed by atoms with Gasteiger partial charge >= 0.3 is 0 Å². The summed E-state index contributed by atoms with van der Waals surface area (Å²) in [4.78, 5) is 16.7. The Morgan fingerprint density at radius 3 is 2.92 bits per heavy atom. The fraction of sp³-hybridized carbons (Fsp3) is 0.158. The largest absolute Gasteiger partial charge is 0.495 e. The van der Waals surface area contributed by atoms with Gasteiger partial charge in [-0.05, 0) is 42.8 Å². The van der Waals surface area contributed by atoms with Crippen LogP contribution in [-0.2, 0) is 4.79 Å². The van der Waals surface area contributed by atoms with Crippen molar-refractivity contribution in [1.82, 2.24) is 9.55 Å². The number of anilines is 1. The van der Waals surface area contributed by atoms with Crippen molar-refractivity contribution >= 4 is 35.0 Å². The molecule has 0 aliphatic rings. The first-order valence-electron chi connectivity index (χ1n) is 7.93. The molecule has 1 N–H and O–H groups in total. The number of methoxy groups -OCH3 is 1. The van der Waals surface area contributed by atoms with E-state index in [4.69, 9.17) is 16.3 Å². The lowest BCUT2D eigenvalue weighted by molar-refractivity contribution is -0.113. The number of carbonyl (C=O) groups is 1. The summed E-state index contributed by atoms with van der Waals surface area (Å²) in [5, 5.41) is 4.11. The summed E-state index contributed by atoms with van der Waals surface area (Å²) in [7, 11) is 1.55. The molecule has 3 aromatic rings. The molecule has 1 aromatic heterocycles. The van der Waals surface area contributed by atoms with Gasteiger partial charge in [0, 0.05) is 23.1 Å². The second kappa shape index (κ2) is 8.29. The first-order valence-corrected chi connectivity index (χ1v) is 9.30. The lowest BCUT2D eigenvalue weighted by atomic mass is 10.2. The predicted octanol–water partition coefficient (Wildman–Crippen LogP) is 4.57. The highest BCUT2D eigenvalue weighted by molar-refractivity contribution is 7.99. The van der Waals surface area contributed by atoms with Gasteiger partial charge in [-0.3, -0.25) is 9.36 Å². The highest BCUT2D eigenvalue weighted by atomic mass is 35.5. The number of hydrogen-bond donors (Lipinski definition) is 1. The van der Waals surface area contributed by atoms with E-state index >= 15 is 0 Å². The lowest BCUT2D eigenvalue weighted by Gasteiger charge is -2.11.